The van der Waals surface area contributed by atoms with E-state index in [0.29, 0.717) is 6.04 Å². The summed E-state index contributed by atoms with van der Waals surface area (Å²) in [5.74, 6) is 2.47. The fourth-order valence-corrected chi connectivity index (χ4v) is 3.20. The molecule has 0 unspecified atom stereocenters. The molecule has 0 radical (unpaired) electrons. The van der Waals surface area contributed by atoms with Crippen LogP contribution in [-0.2, 0) is 6.42 Å². The van der Waals surface area contributed by atoms with Crippen molar-refractivity contribution in [3.05, 3.63) is 29.3 Å². The fraction of sp³-hybridized carbons (Fsp3) is 0.571. The van der Waals surface area contributed by atoms with E-state index in [4.69, 9.17) is 4.74 Å². The van der Waals surface area contributed by atoms with Gasteiger partial charge in [-0.1, -0.05) is 13.0 Å². The van der Waals surface area contributed by atoms with Crippen molar-refractivity contribution in [2.45, 2.75) is 31.7 Å². The van der Waals surface area contributed by atoms with Crippen LogP contribution in [0.3, 0.4) is 0 Å². The largest absolute Gasteiger partial charge is 0.497 e. The third-order valence-corrected chi connectivity index (χ3v) is 4.17. The number of benzene rings is 1. The van der Waals surface area contributed by atoms with Crippen LogP contribution in [0, 0.1) is 5.92 Å². The lowest BCUT2D eigenvalue weighted by molar-refractivity contribution is 0.265. The molecule has 0 amide bonds. The summed E-state index contributed by atoms with van der Waals surface area (Å²) in [4.78, 5) is 0. The molecule has 2 nitrogen and oxygen atoms in total. The molecule has 1 aliphatic carbocycles. The number of piperidine rings is 1. The van der Waals surface area contributed by atoms with Crippen LogP contribution >= 0.6 is 0 Å². The Morgan fingerprint density at radius 2 is 2.25 bits per heavy atom. The molecule has 1 aromatic carbocycles. The van der Waals surface area contributed by atoms with Gasteiger partial charge in [0.05, 0.1) is 7.11 Å². The van der Waals surface area contributed by atoms with E-state index in [2.05, 4.69) is 30.4 Å². The van der Waals surface area contributed by atoms with Gasteiger partial charge in [-0.25, -0.2) is 0 Å². The molecule has 86 valence electrons. The quantitative estimate of drug-likeness (QED) is 0.779. The fourth-order valence-electron chi connectivity index (χ4n) is 3.20. The van der Waals surface area contributed by atoms with Crippen LogP contribution in [0.1, 0.15) is 30.4 Å². The molecule has 2 bridgehead atoms. The SMILES string of the molecule is COc1ccc2c(c1)[C@H]1C[C@@H](C2)NC[C@@H]1C. The molecule has 1 N–H and O–H groups in total. The van der Waals surface area contributed by atoms with Crippen molar-refractivity contribution >= 4 is 0 Å². The minimum atomic E-state index is 0.696. The molecule has 1 fully saturated rings. The maximum absolute atomic E-state index is 5.34. The molecule has 2 heteroatoms. The van der Waals surface area contributed by atoms with Gasteiger partial charge in [-0.2, -0.15) is 0 Å². The molecule has 1 aliphatic heterocycles. The first kappa shape index (κ1) is 10.2. The normalized spacial score (nSPS) is 32.0. The molecule has 2 aliphatic rings. The Kier molecular flexibility index (Phi) is 2.40. The number of fused-ring (bicyclic) bond motifs is 4. The lowest BCUT2D eigenvalue weighted by Gasteiger charge is -2.41. The molecule has 0 saturated carbocycles. The Balaban J connectivity index is 2.04. The van der Waals surface area contributed by atoms with Crippen LogP contribution in [0.15, 0.2) is 18.2 Å². The van der Waals surface area contributed by atoms with Crippen molar-refractivity contribution in [3.8, 4) is 5.75 Å². The van der Waals surface area contributed by atoms with Gasteiger partial charge >= 0.3 is 0 Å². The van der Waals surface area contributed by atoms with Gasteiger partial charge < -0.3 is 10.1 Å². The summed E-state index contributed by atoms with van der Waals surface area (Å²) in [6, 6.07) is 7.28. The van der Waals surface area contributed by atoms with Crippen molar-refractivity contribution < 1.29 is 4.74 Å². The number of ether oxygens (including phenoxy) is 1. The molecule has 1 heterocycles. The zero-order valence-corrected chi connectivity index (χ0v) is 9.99. The van der Waals surface area contributed by atoms with Gasteiger partial charge in [-0.05, 0) is 54.5 Å². The average molecular weight is 217 g/mol. The minimum absolute atomic E-state index is 0.696. The van der Waals surface area contributed by atoms with Crippen molar-refractivity contribution in [1.29, 1.82) is 0 Å². The van der Waals surface area contributed by atoms with E-state index in [9.17, 15) is 0 Å². The highest BCUT2D eigenvalue weighted by Gasteiger charge is 2.34. The summed E-state index contributed by atoms with van der Waals surface area (Å²) in [5, 5.41) is 3.64. The number of rotatable bonds is 1. The third-order valence-electron chi connectivity index (χ3n) is 4.17. The standard InChI is InChI=1S/C14H19NO/c1-9-8-15-11-5-10-3-4-12(16-2)7-14(10)13(9)6-11/h3-4,7,9,11,13,15H,5-6,8H2,1-2H3/t9-,11+,13-/m0/s1. The van der Waals surface area contributed by atoms with Crippen LogP contribution in [0.25, 0.3) is 0 Å². The van der Waals surface area contributed by atoms with E-state index in [1.165, 1.54) is 24.0 Å². The average Bonchev–Trinajstić information content (AvgIpc) is 2.33. The Morgan fingerprint density at radius 3 is 3.06 bits per heavy atom. The second kappa shape index (κ2) is 3.77. The molecule has 1 saturated heterocycles. The van der Waals surface area contributed by atoms with E-state index < -0.39 is 0 Å². The summed E-state index contributed by atoms with van der Waals surface area (Å²) in [6.07, 6.45) is 2.48. The highest BCUT2D eigenvalue weighted by molar-refractivity contribution is 5.41. The number of nitrogens with one attached hydrogen (secondary N) is 1. The van der Waals surface area contributed by atoms with Crippen molar-refractivity contribution in [2.24, 2.45) is 5.92 Å². The van der Waals surface area contributed by atoms with Crippen molar-refractivity contribution in [1.82, 2.24) is 5.32 Å². The molecule has 0 aromatic heterocycles. The number of hydrogen-bond acceptors (Lipinski definition) is 2. The van der Waals surface area contributed by atoms with Crippen molar-refractivity contribution in [2.75, 3.05) is 13.7 Å². The maximum atomic E-state index is 5.34. The molecule has 16 heavy (non-hydrogen) atoms. The third kappa shape index (κ3) is 1.52. The van der Waals surface area contributed by atoms with E-state index in [1.807, 2.05) is 0 Å². The van der Waals surface area contributed by atoms with E-state index in [-0.39, 0.29) is 0 Å². The summed E-state index contributed by atoms with van der Waals surface area (Å²) in [7, 11) is 1.75. The maximum Gasteiger partial charge on any atom is 0.119 e. The molecule has 0 spiro atoms. The number of methoxy groups -OCH3 is 1. The Hall–Kier alpha value is -1.02. The van der Waals surface area contributed by atoms with Gasteiger partial charge in [0.2, 0.25) is 0 Å². The van der Waals surface area contributed by atoms with Crippen LogP contribution in [0.4, 0.5) is 0 Å². The van der Waals surface area contributed by atoms with Crippen LogP contribution < -0.4 is 10.1 Å². The summed E-state index contributed by atoms with van der Waals surface area (Å²) in [6.45, 7) is 3.51. The van der Waals surface area contributed by atoms with Gasteiger partial charge in [-0.15, -0.1) is 0 Å². The Bertz CT molecular complexity index is 402. The Morgan fingerprint density at radius 1 is 1.38 bits per heavy atom. The van der Waals surface area contributed by atoms with Gasteiger partial charge in [0.1, 0.15) is 5.75 Å². The highest BCUT2D eigenvalue weighted by Crippen LogP contribution is 2.40. The van der Waals surface area contributed by atoms with Crippen molar-refractivity contribution in [3.63, 3.8) is 0 Å². The monoisotopic (exact) mass is 217 g/mol. The number of hydrogen-bond donors (Lipinski definition) is 1. The lowest BCUT2D eigenvalue weighted by atomic mass is 9.72. The van der Waals surface area contributed by atoms with Gasteiger partial charge in [0, 0.05) is 6.04 Å². The molecular formula is C14H19NO. The minimum Gasteiger partial charge on any atom is -0.497 e. The van der Waals surface area contributed by atoms with E-state index in [1.54, 1.807) is 7.11 Å². The Labute approximate surface area is 97.0 Å². The first-order valence-electron chi connectivity index (χ1n) is 6.18. The highest BCUT2D eigenvalue weighted by atomic mass is 16.5. The topological polar surface area (TPSA) is 21.3 Å². The summed E-state index contributed by atoms with van der Waals surface area (Å²) in [5.41, 5.74) is 3.05. The smallest absolute Gasteiger partial charge is 0.119 e. The van der Waals surface area contributed by atoms with E-state index in [0.717, 1.165) is 24.1 Å². The van der Waals surface area contributed by atoms with Crippen LogP contribution in [0.5, 0.6) is 5.75 Å². The van der Waals surface area contributed by atoms with Crippen LogP contribution in [0.2, 0.25) is 0 Å². The van der Waals surface area contributed by atoms with E-state index >= 15 is 0 Å². The predicted octanol–water partition coefficient (Wildman–Crippen LogP) is 2.33. The second-order valence-corrected chi connectivity index (χ2v) is 5.19. The lowest BCUT2D eigenvalue weighted by Crippen LogP contribution is -2.46. The zero-order chi connectivity index (χ0) is 11.1. The molecule has 3 atom stereocenters. The summed E-state index contributed by atoms with van der Waals surface area (Å²) >= 11 is 0. The predicted molar refractivity (Wildman–Crippen MR) is 65.0 cm³/mol. The van der Waals surface area contributed by atoms with Gasteiger partial charge in [0.25, 0.3) is 0 Å². The molecular weight excluding hydrogens is 198 g/mol. The zero-order valence-electron chi connectivity index (χ0n) is 9.99. The molecule has 3 rings (SSSR count). The molecule has 1 aromatic rings. The first-order valence-corrected chi connectivity index (χ1v) is 6.18. The van der Waals surface area contributed by atoms with Crippen LogP contribution in [-0.4, -0.2) is 19.7 Å². The van der Waals surface area contributed by atoms with Gasteiger partial charge in [-0.3, -0.25) is 0 Å². The summed E-state index contributed by atoms with van der Waals surface area (Å²) < 4.78 is 5.34. The van der Waals surface area contributed by atoms with Gasteiger partial charge in [0.15, 0.2) is 0 Å². The first-order chi connectivity index (χ1) is 7.78. The second-order valence-electron chi connectivity index (χ2n) is 5.19.